The minimum absolute atomic E-state index is 0. The van der Waals surface area contributed by atoms with Crippen molar-refractivity contribution in [2.75, 3.05) is 6.61 Å². The third kappa shape index (κ3) is 11.8. The largest absolute Gasteiger partial charge is 0.450 e. The van der Waals surface area contributed by atoms with Crippen LogP contribution in [-0.2, 0) is 9.53 Å². The first kappa shape index (κ1) is 18.9. The minimum Gasteiger partial charge on any atom is -0.450 e. The smallest absolute Gasteiger partial charge is 0.404 e. The maximum atomic E-state index is 10.8. The molecule has 1 aromatic carbocycles. The quantitative estimate of drug-likeness (QED) is 0.853. The number of hydrogen-bond acceptors (Lipinski definition) is 3. The summed E-state index contributed by atoms with van der Waals surface area (Å²) in [6, 6.07) is 9.67. The number of halogens is 1. The molecule has 0 aliphatic carbocycles. The van der Waals surface area contributed by atoms with E-state index in [0.717, 1.165) is 5.56 Å². The van der Waals surface area contributed by atoms with Gasteiger partial charge in [-0.25, -0.2) is 4.79 Å². The Morgan fingerprint density at radius 1 is 1.32 bits per heavy atom. The molecule has 1 aromatic rings. The van der Waals surface area contributed by atoms with E-state index in [-0.39, 0.29) is 10.5 Å². The zero-order chi connectivity index (χ0) is 13.8. The Morgan fingerprint density at radius 2 is 1.89 bits per heavy atom. The first-order chi connectivity index (χ1) is 8.60. The van der Waals surface area contributed by atoms with Crippen molar-refractivity contribution in [2.45, 2.75) is 6.92 Å². The van der Waals surface area contributed by atoms with Crippen LogP contribution in [0.1, 0.15) is 12.5 Å². The number of nitrogens with two attached hydrogens (primary N) is 1. The summed E-state index contributed by atoms with van der Waals surface area (Å²) in [7, 11) is 0. The molecule has 1 amide bonds. The van der Waals surface area contributed by atoms with E-state index >= 15 is 0 Å². The van der Waals surface area contributed by atoms with Crippen molar-refractivity contribution >= 4 is 18.0 Å². The lowest BCUT2D eigenvalue weighted by molar-refractivity contribution is -0.110. The van der Waals surface area contributed by atoms with Gasteiger partial charge in [0.1, 0.15) is 0 Å². The van der Waals surface area contributed by atoms with Crippen molar-refractivity contribution in [1.29, 1.82) is 0 Å². The lowest BCUT2D eigenvalue weighted by Gasteiger charge is -1.89. The van der Waals surface area contributed by atoms with Crippen molar-refractivity contribution in [3.05, 3.63) is 54.6 Å². The Balaban J connectivity index is 0. The van der Waals surface area contributed by atoms with E-state index in [1.807, 2.05) is 30.3 Å². The SMILES string of the molecule is C=CC(=O)C=Cc1ccccc1.CCOC(N)=O.F. The molecular formula is C14H18FNO3. The highest BCUT2D eigenvalue weighted by molar-refractivity contribution is 6.01. The number of benzene rings is 1. The standard InChI is InChI=1S/C11H10O.C3H7NO2.FH/c1-2-11(12)9-8-10-6-4-3-5-7-10;1-2-6-3(4)5;/h2-9H,1H2;2H2,1H3,(H2,4,5);1H. The van der Waals surface area contributed by atoms with Crippen molar-refractivity contribution < 1.29 is 19.0 Å². The molecule has 0 aliphatic heterocycles. The lowest BCUT2D eigenvalue weighted by Crippen LogP contribution is -2.11. The van der Waals surface area contributed by atoms with Gasteiger partial charge in [-0.3, -0.25) is 9.50 Å². The van der Waals surface area contributed by atoms with Gasteiger partial charge in [0.2, 0.25) is 0 Å². The monoisotopic (exact) mass is 267 g/mol. The minimum atomic E-state index is -0.711. The van der Waals surface area contributed by atoms with Crippen LogP contribution in [0.25, 0.3) is 6.08 Å². The normalized spacial score (nSPS) is 8.68. The molecule has 0 saturated heterocycles. The van der Waals surface area contributed by atoms with E-state index < -0.39 is 6.09 Å². The Morgan fingerprint density at radius 3 is 2.26 bits per heavy atom. The van der Waals surface area contributed by atoms with Crippen LogP contribution < -0.4 is 5.73 Å². The molecule has 4 nitrogen and oxygen atoms in total. The summed E-state index contributed by atoms with van der Waals surface area (Å²) in [4.78, 5) is 20.4. The molecule has 0 atom stereocenters. The van der Waals surface area contributed by atoms with E-state index in [0.29, 0.717) is 6.61 Å². The van der Waals surface area contributed by atoms with Crippen molar-refractivity contribution in [3.8, 4) is 0 Å². The van der Waals surface area contributed by atoms with Crippen molar-refractivity contribution in [2.24, 2.45) is 5.73 Å². The molecule has 0 bridgehead atoms. The van der Waals surface area contributed by atoms with Crippen LogP contribution in [-0.4, -0.2) is 18.5 Å². The Labute approximate surface area is 111 Å². The molecule has 1 rings (SSSR count). The number of amides is 1. The Hall–Kier alpha value is -2.43. The number of hydrogen-bond donors (Lipinski definition) is 1. The molecule has 0 saturated carbocycles. The number of primary amides is 1. The van der Waals surface area contributed by atoms with Gasteiger partial charge >= 0.3 is 6.09 Å². The highest BCUT2D eigenvalue weighted by Crippen LogP contribution is 2.00. The van der Waals surface area contributed by atoms with E-state index in [4.69, 9.17) is 0 Å². The number of allylic oxidation sites excluding steroid dienone is 2. The molecule has 0 aromatic heterocycles. The molecule has 0 radical (unpaired) electrons. The van der Waals surface area contributed by atoms with E-state index in [2.05, 4.69) is 17.0 Å². The van der Waals surface area contributed by atoms with Gasteiger partial charge in [0.15, 0.2) is 5.78 Å². The molecule has 5 heteroatoms. The summed E-state index contributed by atoms with van der Waals surface area (Å²) in [5.74, 6) is -0.0705. The summed E-state index contributed by atoms with van der Waals surface area (Å²) >= 11 is 0. The Kier molecular flexibility index (Phi) is 12.0. The average molecular weight is 267 g/mol. The molecule has 0 unspecified atom stereocenters. The second-order valence-electron chi connectivity index (χ2n) is 3.10. The molecule has 0 aliphatic rings. The molecule has 19 heavy (non-hydrogen) atoms. The van der Waals surface area contributed by atoms with Crippen LogP contribution in [0.3, 0.4) is 0 Å². The van der Waals surface area contributed by atoms with Gasteiger partial charge in [-0.2, -0.15) is 0 Å². The first-order valence-corrected chi connectivity index (χ1v) is 5.42. The highest BCUT2D eigenvalue weighted by atomic mass is 19.0. The van der Waals surface area contributed by atoms with Gasteiger partial charge in [0, 0.05) is 0 Å². The summed E-state index contributed by atoms with van der Waals surface area (Å²) in [6.07, 6.45) is 3.85. The number of carbonyl (C=O) groups is 2. The maximum Gasteiger partial charge on any atom is 0.404 e. The number of carbonyl (C=O) groups excluding carboxylic acids is 2. The molecular weight excluding hydrogens is 249 g/mol. The summed E-state index contributed by atoms with van der Waals surface area (Å²) in [6.45, 7) is 5.43. The maximum absolute atomic E-state index is 10.8. The molecule has 0 heterocycles. The number of ketones is 1. The third-order valence-electron chi connectivity index (χ3n) is 1.73. The Bertz CT molecular complexity index is 416. The van der Waals surface area contributed by atoms with Gasteiger partial charge in [-0.15, -0.1) is 0 Å². The second-order valence-corrected chi connectivity index (χ2v) is 3.10. The molecule has 104 valence electrons. The summed E-state index contributed by atoms with van der Waals surface area (Å²) < 4.78 is 4.18. The van der Waals surface area contributed by atoms with Crippen molar-refractivity contribution in [3.63, 3.8) is 0 Å². The zero-order valence-electron chi connectivity index (χ0n) is 10.7. The average Bonchev–Trinajstić information content (AvgIpc) is 2.37. The summed E-state index contributed by atoms with van der Waals surface area (Å²) in [5, 5.41) is 0. The summed E-state index contributed by atoms with van der Waals surface area (Å²) in [5.41, 5.74) is 5.56. The van der Waals surface area contributed by atoms with Gasteiger partial charge in [0.05, 0.1) is 6.61 Å². The fourth-order valence-corrected chi connectivity index (χ4v) is 0.953. The van der Waals surface area contributed by atoms with Crippen LogP contribution >= 0.6 is 0 Å². The number of rotatable bonds is 4. The van der Waals surface area contributed by atoms with Gasteiger partial charge < -0.3 is 10.5 Å². The van der Waals surface area contributed by atoms with Crippen LogP contribution in [0, 0.1) is 0 Å². The molecule has 2 N–H and O–H groups in total. The van der Waals surface area contributed by atoms with Gasteiger partial charge in [-0.1, -0.05) is 43.0 Å². The van der Waals surface area contributed by atoms with Crippen LogP contribution in [0.4, 0.5) is 9.50 Å². The van der Waals surface area contributed by atoms with Gasteiger partial charge in [-0.05, 0) is 24.6 Å². The topological polar surface area (TPSA) is 69.4 Å². The highest BCUT2D eigenvalue weighted by Gasteiger charge is 1.86. The van der Waals surface area contributed by atoms with Crippen LogP contribution in [0.5, 0.6) is 0 Å². The zero-order valence-corrected chi connectivity index (χ0v) is 10.7. The lowest BCUT2D eigenvalue weighted by atomic mass is 10.2. The van der Waals surface area contributed by atoms with Gasteiger partial charge in [0.25, 0.3) is 0 Å². The third-order valence-corrected chi connectivity index (χ3v) is 1.73. The molecule has 0 spiro atoms. The van der Waals surface area contributed by atoms with E-state index in [1.165, 1.54) is 12.2 Å². The predicted molar refractivity (Wildman–Crippen MR) is 74.4 cm³/mol. The second kappa shape index (κ2) is 12.0. The molecule has 0 fully saturated rings. The predicted octanol–water partition coefficient (Wildman–Crippen LogP) is 2.71. The van der Waals surface area contributed by atoms with Crippen molar-refractivity contribution in [1.82, 2.24) is 0 Å². The van der Waals surface area contributed by atoms with E-state index in [1.54, 1.807) is 13.0 Å². The number of ether oxygens (including phenoxy) is 1. The van der Waals surface area contributed by atoms with Crippen LogP contribution in [0.2, 0.25) is 0 Å². The van der Waals surface area contributed by atoms with Crippen LogP contribution in [0.15, 0.2) is 49.1 Å². The first-order valence-electron chi connectivity index (χ1n) is 5.42. The fourth-order valence-electron chi connectivity index (χ4n) is 0.953. The fraction of sp³-hybridized carbons (Fsp3) is 0.143. The van der Waals surface area contributed by atoms with E-state index in [9.17, 15) is 9.59 Å².